The molecular formula is C14H16N4O2. The van der Waals surface area contributed by atoms with Gasteiger partial charge in [0, 0.05) is 31.5 Å². The lowest BCUT2D eigenvalue weighted by Gasteiger charge is -2.28. The van der Waals surface area contributed by atoms with E-state index in [2.05, 4.69) is 10.00 Å². The molecule has 1 fully saturated rings. The van der Waals surface area contributed by atoms with E-state index in [-0.39, 0.29) is 10.6 Å². The predicted octanol–water partition coefficient (Wildman–Crippen LogP) is 2.77. The third kappa shape index (κ3) is 2.36. The zero-order valence-electron chi connectivity index (χ0n) is 11.1. The molecule has 0 atom stereocenters. The highest BCUT2D eigenvalue weighted by Crippen LogP contribution is 2.32. The first kappa shape index (κ1) is 12.7. The highest BCUT2D eigenvalue weighted by Gasteiger charge is 2.21. The molecule has 20 heavy (non-hydrogen) atoms. The Morgan fingerprint density at radius 2 is 2.00 bits per heavy atom. The zero-order chi connectivity index (χ0) is 13.9. The molecule has 1 aromatic heterocycles. The molecule has 2 heterocycles. The van der Waals surface area contributed by atoms with E-state index < -0.39 is 0 Å². The van der Waals surface area contributed by atoms with Crippen molar-refractivity contribution in [1.29, 1.82) is 0 Å². The van der Waals surface area contributed by atoms with Gasteiger partial charge in [0.25, 0.3) is 5.69 Å². The molecule has 1 saturated heterocycles. The summed E-state index contributed by atoms with van der Waals surface area (Å²) in [6, 6.07) is 7.00. The van der Waals surface area contributed by atoms with Gasteiger partial charge in [-0.25, -0.2) is 4.68 Å². The maximum Gasteiger partial charge on any atom is 0.292 e. The van der Waals surface area contributed by atoms with Gasteiger partial charge in [-0.05, 0) is 37.5 Å². The van der Waals surface area contributed by atoms with E-state index in [0.29, 0.717) is 5.69 Å². The third-order valence-electron chi connectivity index (χ3n) is 3.62. The smallest absolute Gasteiger partial charge is 0.292 e. The molecule has 1 aromatic carbocycles. The largest absolute Gasteiger partial charge is 0.366 e. The van der Waals surface area contributed by atoms with Crippen LogP contribution in [0.15, 0.2) is 36.7 Å². The van der Waals surface area contributed by atoms with Crippen molar-refractivity contribution < 1.29 is 4.92 Å². The lowest BCUT2D eigenvalue weighted by Crippen LogP contribution is -2.30. The van der Waals surface area contributed by atoms with Gasteiger partial charge in [-0.3, -0.25) is 10.1 Å². The van der Waals surface area contributed by atoms with Crippen LogP contribution in [-0.2, 0) is 0 Å². The molecule has 0 radical (unpaired) electrons. The van der Waals surface area contributed by atoms with Crippen LogP contribution in [0.4, 0.5) is 11.4 Å². The fourth-order valence-corrected chi connectivity index (χ4v) is 2.62. The second-order valence-electron chi connectivity index (χ2n) is 4.93. The van der Waals surface area contributed by atoms with Crippen LogP contribution in [0, 0.1) is 10.1 Å². The lowest BCUT2D eigenvalue weighted by molar-refractivity contribution is -0.384. The monoisotopic (exact) mass is 272 g/mol. The Bertz CT molecular complexity index is 604. The first-order valence-corrected chi connectivity index (χ1v) is 6.79. The maximum atomic E-state index is 11.2. The van der Waals surface area contributed by atoms with Gasteiger partial charge in [0.15, 0.2) is 0 Å². The van der Waals surface area contributed by atoms with E-state index in [0.717, 1.165) is 31.6 Å². The summed E-state index contributed by atoms with van der Waals surface area (Å²) in [7, 11) is 0. The molecule has 104 valence electrons. The molecule has 0 spiro atoms. The molecule has 6 nitrogen and oxygen atoms in total. The van der Waals surface area contributed by atoms with E-state index in [1.165, 1.54) is 6.42 Å². The molecule has 0 unspecified atom stereocenters. The van der Waals surface area contributed by atoms with Crippen LogP contribution in [0.3, 0.4) is 0 Å². The van der Waals surface area contributed by atoms with Crippen molar-refractivity contribution in [3.8, 4) is 5.69 Å². The number of piperidine rings is 1. The van der Waals surface area contributed by atoms with Gasteiger partial charge in [0.05, 0.1) is 10.6 Å². The van der Waals surface area contributed by atoms with Crippen LogP contribution in [0.1, 0.15) is 19.3 Å². The minimum Gasteiger partial charge on any atom is -0.366 e. The van der Waals surface area contributed by atoms with Crippen LogP contribution < -0.4 is 4.90 Å². The average molecular weight is 272 g/mol. The molecule has 3 rings (SSSR count). The number of anilines is 1. The van der Waals surface area contributed by atoms with Gasteiger partial charge in [0.2, 0.25) is 0 Å². The quantitative estimate of drug-likeness (QED) is 0.636. The van der Waals surface area contributed by atoms with Crippen LogP contribution >= 0.6 is 0 Å². The Balaban J connectivity index is 2.03. The van der Waals surface area contributed by atoms with E-state index in [9.17, 15) is 10.1 Å². The number of hydrogen-bond donors (Lipinski definition) is 0. The van der Waals surface area contributed by atoms with Gasteiger partial charge >= 0.3 is 0 Å². The van der Waals surface area contributed by atoms with E-state index in [1.807, 2.05) is 18.3 Å². The van der Waals surface area contributed by atoms with Gasteiger partial charge in [-0.1, -0.05) is 0 Å². The van der Waals surface area contributed by atoms with Gasteiger partial charge < -0.3 is 4.90 Å². The maximum absolute atomic E-state index is 11.2. The number of nitrogens with zero attached hydrogens (tertiary/aromatic N) is 4. The van der Waals surface area contributed by atoms with E-state index in [4.69, 9.17) is 0 Å². The van der Waals surface area contributed by atoms with Crippen molar-refractivity contribution in [1.82, 2.24) is 9.78 Å². The number of hydrogen-bond acceptors (Lipinski definition) is 4. The molecule has 0 aliphatic carbocycles. The Morgan fingerprint density at radius 3 is 2.65 bits per heavy atom. The molecule has 0 amide bonds. The predicted molar refractivity (Wildman–Crippen MR) is 76.3 cm³/mol. The number of nitro benzene ring substituents is 1. The highest BCUT2D eigenvalue weighted by molar-refractivity contribution is 5.67. The summed E-state index contributed by atoms with van der Waals surface area (Å²) in [4.78, 5) is 13.0. The van der Waals surface area contributed by atoms with Crippen LogP contribution in [0.2, 0.25) is 0 Å². The van der Waals surface area contributed by atoms with Crippen molar-refractivity contribution in [2.24, 2.45) is 0 Å². The average Bonchev–Trinajstić information content (AvgIpc) is 3.02. The first-order chi connectivity index (χ1) is 9.75. The molecule has 2 aromatic rings. The van der Waals surface area contributed by atoms with Crippen LogP contribution in [0.5, 0.6) is 0 Å². The second kappa shape index (κ2) is 5.32. The van der Waals surface area contributed by atoms with Crippen molar-refractivity contribution in [3.05, 3.63) is 46.8 Å². The number of benzene rings is 1. The number of rotatable bonds is 3. The number of aromatic nitrogens is 2. The van der Waals surface area contributed by atoms with Crippen molar-refractivity contribution in [3.63, 3.8) is 0 Å². The van der Waals surface area contributed by atoms with E-state index in [1.54, 1.807) is 23.0 Å². The second-order valence-corrected chi connectivity index (χ2v) is 4.93. The molecular weight excluding hydrogens is 256 g/mol. The standard InChI is InChI=1S/C14H16N4O2/c19-18(20)13-6-5-12(17-10-4-7-15-17)11-14(13)16-8-2-1-3-9-16/h4-7,10-11H,1-3,8-9H2. The van der Waals surface area contributed by atoms with Gasteiger partial charge in [-0.15, -0.1) is 0 Å². The van der Waals surface area contributed by atoms with Crippen molar-refractivity contribution in [2.45, 2.75) is 19.3 Å². The minimum absolute atomic E-state index is 0.169. The Kier molecular flexibility index (Phi) is 3.37. The van der Waals surface area contributed by atoms with Gasteiger partial charge in [0.1, 0.15) is 5.69 Å². The van der Waals surface area contributed by atoms with Crippen molar-refractivity contribution >= 4 is 11.4 Å². The molecule has 0 saturated carbocycles. The third-order valence-corrected chi connectivity index (χ3v) is 3.62. The van der Waals surface area contributed by atoms with Gasteiger partial charge in [-0.2, -0.15) is 5.10 Å². The lowest BCUT2D eigenvalue weighted by atomic mass is 10.1. The summed E-state index contributed by atoms with van der Waals surface area (Å²) >= 11 is 0. The van der Waals surface area contributed by atoms with Crippen LogP contribution in [-0.4, -0.2) is 27.8 Å². The van der Waals surface area contributed by atoms with Crippen LogP contribution in [0.25, 0.3) is 5.69 Å². The molecule has 0 bridgehead atoms. The summed E-state index contributed by atoms with van der Waals surface area (Å²) < 4.78 is 1.72. The summed E-state index contributed by atoms with van der Waals surface area (Å²) in [5, 5.41) is 15.4. The fourth-order valence-electron chi connectivity index (χ4n) is 2.62. The summed E-state index contributed by atoms with van der Waals surface area (Å²) in [5.74, 6) is 0. The Hall–Kier alpha value is -2.37. The van der Waals surface area contributed by atoms with Crippen molar-refractivity contribution in [2.75, 3.05) is 18.0 Å². The minimum atomic E-state index is -0.309. The fraction of sp³-hybridized carbons (Fsp3) is 0.357. The molecule has 6 heteroatoms. The first-order valence-electron chi connectivity index (χ1n) is 6.79. The highest BCUT2D eigenvalue weighted by atomic mass is 16.6. The Labute approximate surface area is 116 Å². The summed E-state index contributed by atoms with van der Waals surface area (Å²) in [5.41, 5.74) is 1.71. The number of nitro groups is 1. The molecule has 1 aliphatic heterocycles. The summed E-state index contributed by atoms with van der Waals surface area (Å²) in [6.07, 6.45) is 6.90. The normalized spacial score (nSPS) is 15.3. The van der Waals surface area contributed by atoms with E-state index >= 15 is 0 Å². The SMILES string of the molecule is O=[N+]([O-])c1ccc(-n2cccn2)cc1N1CCCCC1. The Morgan fingerprint density at radius 1 is 1.20 bits per heavy atom. The zero-order valence-corrected chi connectivity index (χ0v) is 11.1. The molecule has 1 aliphatic rings. The summed E-state index contributed by atoms with van der Waals surface area (Å²) in [6.45, 7) is 1.76. The molecule has 0 N–H and O–H groups in total. The topological polar surface area (TPSA) is 64.2 Å².